The van der Waals surface area contributed by atoms with Crippen LogP contribution in [0.1, 0.15) is 44.9 Å². The van der Waals surface area contributed by atoms with Crippen molar-refractivity contribution in [3.63, 3.8) is 0 Å². The molecule has 1 fully saturated rings. The molecule has 1 rings (SSSR count). The van der Waals surface area contributed by atoms with Crippen molar-refractivity contribution in [1.29, 1.82) is 0 Å². The molecule has 0 amide bonds. The summed E-state index contributed by atoms with van der Waals surface area (Å²) in [6.07, 6.45) is 12.8. The smallest absolute Gasteiger partial charge is 0.0844 e. The number of methoxy groups -OCH3 is 1. The van der Waals surface area contributed by atoms with Gasteiger partial charge in [-0.05, 0) is 25.7 Å². The van der Waals surface area contributed by atoms with Crippen molar-refractivity contribution < 1.29 is 4.74 Å². The number of hydrazine groups is 1. The average Bonchev–Trinajstić information content (AvgIpc) is 2.74. The van der Waals surface area contributed by atoms with E-state index in [1.165, 1.54) is 12.8 Å². The van der Waals surface area contributed by atoms with Crippen LogP contribution in [-0.2, 0) is 4.74 Å². The molecule has 1 atom stereocenters. The lowest BCUT2D eigenvalue weighted by Gasteiger charge is -2.36. The van der Waals surface area contributed by atoms with Gasteiger partial charge in [-0.1, -0.05) is 12.8 Å². The molecule has 0 spiro atoms. The zero-order valence-electron chi connectivity index (χ0n) is 9.59. The summed E-state index contributed by atoms with van der Waals surface area (Å²) >= 11 is 0. The maximum atomic E-state index is 5.69. The van der Waals surface area contributed by atoms with Gasteiger partial charge in [-0.15, -0.1) is 12.3 Å². The molecular weight excluding hydrogens is 188 g/mol. The molecule has 0 aromatic heterocycles. The summed E-state index contributed by atoms with van der Waals surface area (Å²) < 4.78 is 5.69. The van der Waals surface area contributed by atoms with Crippen LogP contribution in [0, 0.1) is 12.3 Å². The third-order valence-corrected chi connectivity index (χ3v) is 3.51. The summed E-state index contributed by atoms with van der Waals surface area (Å²) in [5.74, 6) is 8.27. The maximum Gasteiger partial charge on any atom is 0.0844 e. The molecule has 0 aromatic rings. The molecular formula is C12H22N2O. The van der Waals surface area contributed by atoms with Crippen molar-refractivity contribution in [2.45, 2.75) is 56.6 Å². The van der Waals surface area contributed by atoms with Crippen molar-refractivity contribution in [3.05, 3.63) is 0 Å². The second kappa shape index (κ2) is 6.12. The molecule has 1 aliphatic carbocycles. The minimum absolute atomic E-state index is 0.0522. The number of hydrogen-bond donors (Lipinski definition) is 2. The summed E-state index contributed by atoms with van der Waals surface area (Å²) in [5, 5.41) is 0. The summed E-state index contributed by atoms with van der Waals surface area (Å²) in [4.78, 5) is 0. The molecule has 0 saturated heterocycles. The average molecular weight is 210 g/mol. The molecule has 0 aromatic carbocycles. The molecule has 0 heterocycles. The van der Waals surface area contributed by atoms with Crippen molar-refractivity contribution in [2.75, 3.05) is 7.11 Å². The molecule has 15 heavy (non-hydrogen) atoms. The van der Waals surface area contributed by atoms with Crippen LogP contribution in [-0.4, -0.2) is 18.8 Å². The number of terminal acetylenes is 1. The normalized spacial score (nSPS) is 21.1. The lowest BCUT2D eigenvalue weighted by Crippen LogP contribution is -2.53. The van der Waals surface area contributed by atoms with Gasteiger partial charge >= 0.3 is 0 Å². The van der Waals surface area contributed by atoms with E-state index in [-0.39, 0.29) is 11.6 Å². The van der Waals surface area contributed by atoms with Crippen LogP contribution < -0.4 is 11.3 Å². The topological polar surface area (TPSA) is 47.3 Å². The SMILES string of the molecule is C#CCCCC(NN)C1(OC)CCCC1. The van der Waals surface area contributed by atoms with Crippen LogP contribution in [0.4, 0.5) is 0 Å². The Kier molecular flexibility index (Phi) is 5.10. The summed E-state index contributed by atoms with van der Waals surface area (Å²) in [6.45, 7) is 0. The van der Waals surface area contributed by atoms with E-state index in [1.54, 1.807) is 7.11 Å². The zero-order chi connectivity index (χ0) is 11.1. The maximum absolute atomic E-state index is 5.69. The fourth-order valence-corrected chi connectivity index (χ4v) is 2.57. The third-order valence-electron chi connectivity index (χ3n) is 3.51. The van der Waals surface area contributed by atoms with E-state index < -0.39 is 0 Å². The van der Waals surface area contributed by atoms with Gasteiger partial charge in [0.15, 0.2) is 0 Å². The Balaban J connectivity index is 2.51. The van der Waals surface area contributed by atoms with Gasteiger partial charge in [0, 0.05) is 13.5 Å². The number of nitrogens with two attached hydrogens (primary N) is 1. The highest BCUT2D eigenvalue weighted by atomic mass is 16.5. The van der Waals surface area contributed by atoms with Gasteiger partial charge in [-0.25, -0.2) is 0 Å². The van der Waals surface area contributed by atoms with Crippen molar-refractivity contribution in [1.82, 2.24) is 5.43 Å². The third kappa shape index (κ3) is 2.94. The van der Waals surface area contributed by atoms with Crippen molar-refractivity contribution in [2.24, 2.45) is 5.84 Å². The number of nitrogens with one attached hydrogen (secondary N) is 1. The first kappa shape index (κ1) is 12.5. The van der Waals surface area contributed by atoms with Gasteiger partial charge in [0.25, 0.3) is 0 Å². The number of unbranched alkanes of at least 4 members (excludes halogenated alkanes) is 1. The second-order valence-electron chi connectivity index (χ2n) is 4.29. The van der Waals surface area contributed by atoms with Gasteiger partial charge in [0.2, 0.25) is 0 Å². The summed E-state index contributed by atoms with van der Waals surface area (Å²) in [6, 6.07) is 0.235. The highest BCUT2D eigenvalue weighted by Crippen LogP contribution is 2.36. The highest BCUT2D eigenvalue weighted by molar-refractivity contribution is 4.96. The number of rotatable bonds is 6. The van der Waals surface area contributed by atoms with E-state index >= 15 is 0 Å². The minimum atomic E-state index is -0.0522. The van der Waals surface area contributed by atoms with Gasteiger partial charge in [-0.2, -0.15) is 0 Å². The molecule has 0 bridgehead atoms. The Bertz CT molecular complexity index is 216. The largest absolute Gasteiger partial charge is 0.377 e. The highest BCUT2D eigenvalue weighted by Gasteiger charge is 2.40. The fourth-order valence-electron chi connectivity index (χ4n) is 2.57. The molecule has 3 nitrogen and oxygen atoms in total. The van der Waals surface area contributed by atoms with E-state index in [1.807, 2.05) is 0 Å². The first-order valence-electron chi connectivity index (χ1n) is 5.74. The van der Waals surface area contributed by atoms with E-state index in [0.717, 1.165) is 32.1 Å². The Morgan fingerprint density at radius 1 is 1.53 bits per heavy atom. The number of ether oxygens (including phenoxy) is 1. The van der Waals surface area contributed by atoms with E-state index in [4.69, 9.17) is 17.0 Å². The van der Waals surface area contributed by atoms with Gasteiger partial charge in [0.1, 0.15) is 0 Å². The Morgan fingerprint density at radius 2 is 2.20 bits per heavy atom. The molecule has 1 saturated carbocycles. The van der Waals surface area contributed by atoms with Crippen LogP contribution in [0.25, 0.3) is 0 Å². The summed E-state index contributed by atoms with van der Waals surface area (Å²) in [5.41, 5.74) is 2.85. The fraction of sp³-hybridized carbons (Fsp3) is 0.833. The predicted octanol–water partition coefficient (Wildman–Crippen LogP) is 1.58. The molecule has 0 aliphatic heterocycles. The Hall–Kier alpha value is -0.560. The lowest BCUT2D eigenvalue weighted by atomic mass is 9.89. The standard InChI is InChI=1S/C12H22N2O/c1-3-4-5-8-11(14-13)12(15-2)9-6-7-10-12/h1,11,14H,4-10,13H2,2H3. The van der Waals surface area contributed by atoms with Crippen molar-refractivity contribution in [3.8, 4) is 12.3 Å². The monoisotopic (exact) mass is 210 g/mol. The van der Waals surface area contributed by atoms with Gasteiger partial charge < -0.3 is 4.74 Å². The van der Waals surface area contributed by atoms with Crippen LogP contribution in [0.5, 0.6) is 0 Å². The molecule has 1 unspecified atom stereocenters. The van der Waals surface area contributed by atoms with Gasteiger partial charge in [0.05, 0.1) is 11.6 Å². The molecule has 1 aliphatic rings. The number of hydrogen-bond acceptors (Lipinski definition) is 3. The van der Waals surface area contributed by atoms with Crippen LogP contribution in [0.15, 0.2) is 0 Å². The lowest BCUT2D eigenvalue weighted by molar-refractivity contribution is -0.0381. The van der Waals surface area contributed by atoms with Crippen LogP contribution >= 0.6 is 0 Å². The Labute approximate surface area is 92.7 Å². The minimum Gasteiger partial charge on any atom is -0.377 e. The first-order valence-corrected chi connectivity index (χ1v) is 5.74. The second-order valence-corrected chi connectivity index (χ2v) is 4.29. The molecule has 3 heteroatoms. The van der Waals surface area contributed by atoms with E-state index in [9.17, 15) is 0 Å². The quantitative estimate of drug-likeness (QED) is 0.303. The Morgan fingerprint density at radius 3 is 2.67 bits per heavy atom. The summed E-state index contributed by atoms with van der Waals surface area (Å²) in [7, 11) is 1.79. The van der Waals surface area contributed by atoms with Crippen LogP contribution in [0.2, 0.25) is 0 Å². The first-order chi connectivity index (χ1) is 7.29. The van der Waals surface area contributed by atoms with Crippen LogP contribution in [0.3, 0.4) is 0 Å². The van der Waals surface area contributed by atoms with E-state index in [2.05, 4.69) is 11.3 Å². The van der Waals surface area contributed by atoms with Gasteiger partial charge in [-0.3, -0.25) is 11.3 Å². The van der Waals surface area contributed by atoms with E-state index in [0.29, 0.717) is 0 Å². The predicted molar refractivity (Wildman–Crippen MR) is 62.0 cm³/mol. The molecule has 3 N–H and O–H groups in total. The zero-order valence-corrected chi connectivity index (χ0v) is 9.59. The van der Waals surface area contributed by atoms with Crippen molar-refractivity contribution >= 4 is 0 Å². The molecule has 0 radical (unpaired) electrons. The molecule has 86 valence electrons.